The smallest absolute Gasteiger partial charge is 0.130 e. The van der Waals surface area contributed by atoms with Crippen LogP contribution >= 0.6 is 11.3 Å². The van der Waals surface area contributed by atoms with E-state index in [0.717, 1.165) is 15.2 Å². The molecule has 1 heterocycles. The zero-order valence-electron chi connectivity index (χ0n) is 12.4. The van der Waals surface area contributed by atoms with Crippen molar-refractivity contribution in [1.29, 1.82) is 0 Å². The Hall–Kier alpha value is -1.85. The quantitative estimate of drug-likeness (QED) is 0.689. The first-order chi connectivity index (χ1) is 10.6. The summed E-state index contributed by atoms with van der Waals surface area (Å²) < 4.78 is 28.9. The number of hydrogen-bond donors (Lipinski definition) is 0. The Kier molecular flexibility index (Phi) is 4.18. The number of halogens is 2. The molecule has 1 unspecified atom stereocenters. The predicted molar refractivity (Wildman–Crippen MR) is 85.9 cm³/mol. The first kappa shape index (κ1) is 15.1. The largest absolute Gasteiger partial charge is 0.293 e. The summed E-state index contributed by atoms with van der Waals surface area (Å²) in [6, 6.07) is 11.5. The number of thiazole rings is 1. The molecule has 114 valence electrons. The van der Waals surface area contributed by atoms with Crippen molar-refractivity contribution in [2.75, 3.05) is 7.05 Å². The van der Waals surface area contributed by atoms with Crippen molar-refractivity contribution in [3.8, 4) is 0 Å². The molecular weight excluding hydrogens is 302 g/mol. The van der Waals surface area contributed by atoms with E-state index < -0.39 is 11.6 Å². The van der Waals surface area contributed by atoms with Crippen LogP contribution in [0.2, 0.25) is 0 Å². The number of benzene rings is 2. The van der Waals surface area contributed by atoms with Crippen LogP contribution < -0.4 is 0 Å². The molecule has 0 saturated carbocycles. The third-order valence-electron chi connectivity index (χ3n) is 3.80. The highest BCUT2D eigenvalue weighted by molar-refractivity contribution is 7.18. The molecule has 3 aromatic rings. The molecule has 0 saturated heterocycles. The summed E-state index contributed by atoms with van der Waals surface area (Å²) in [6.45, 7) is 2.35. The van der Waals surface area contributed by atoms with Crippen LogP contribution in [0.4, 0.5) is 8.78 Å². The van der Waals surface area contributed by atoms with Gasteiger partial charge in [-0.1, -0.05) is 18.2 Å². The van der Waals surface area contributed by atoms with E-state index in [-0.39, 0.29) is 11.6 Å². The van der Waals surface area contributed by atoms with Gasteiger partial charge in [0.1, 0.15) is 16.6 Å². The molecule has 1 atom stereocenters. The maximum atomic E-state index is 13.9. The van der Waals surface area contributed by atoms with E-state index in [1.54, 1.807) is 18.3 Å². The second-order valence-corrected chi connectivity index (χ2v) is 6.42. The van der Waals surface area contributed by atoms with E-state index in [2.05, 4.69) is 4.98 Å². The van der Waals surface area contributed by atoms with Gasteiger partial charge in [-0.3, -0.25) is 4.90 Å². The highest BCUT2D eigenvalue weighted by atomic mass is 32.1. The molecule has 5 heteroatoms. The normalized spacial score (nSPS) is 13.0. The van der Waals surface area contributed by atoms with Crippen molar-refractivity contribution < 1.29 is 8.78 Å². The number of para-hydroxylation sites is 1. The molecule has 0 radical (unpaired) electrons. The molecule has 0 aliphatic heterocycles. The molecule has 0 spiro atoms. The molecular formula is C17H16F2N2S. The Morgan fingerprint density at radius 2 is 1.77 bits per heavy atom. The number of nitrogens with zero attached hydrogens (tertiary/aromatic N) is 2. The fourth-order valence-corrected chi connectivity index (χ4v) is 3.50. The highest BCUT2D eigenvalue weighted by Crippen LogP contribution is 2.28. The fraction of sp³-hybridized carbons (Fsp3) is 0.235. The predicted octanol–water partition coefficient (Wildman–Crippen LogP) is 4.77. The van der Waals surface area contributed by atoms with Gasteiger partial charge in [0.15, 0.2) is 0 Å². The minimum Gasteiger partial charge on any atom is -0.293 e. The molecule has 0 aliphatic carbocycles. The van der Waals surface area contributed by atoms with Gasteiger partial charge in [0.2, 0.25) is 0 Å². The van der Waals surface area contributed by atoms with E-state index in [1.165, 1.54) is 18.2 Å². The lowest BCUT2D eigenvalue weighted by Crippen LogP contribution is -2.23. The lowest BCUT2D eigenvalue weighted by molar-refractivity contribution is 0.242. The first-order valence-corrected chi connectivity index (χ1v) is 7.86. The molecule has 22 heavy (non-hydrogen) atoms. The number of aromatic nitrogens is 1. The van der Waals surface area contributed by atoms with Crippen LogP contribution in [0.25, 0.3) is 10.2 Å². The molecule has 0 fully saturated rings. The Morgan fingerprint density at radius 3 is 2.45 bits per heavy atom. The molecule has 1 aromatic heterocycles. The summed E-state index contributed by atoms with van der Waals surface area (Å²) in [6.07, 6.45) is 0. The third-order valence-corrected chi connectivity index (χ3v) is 4.82. The van der Waals surface area contributed by atoms with Crippen LogP contribution in [-0.4, -0.2) is 16.9 Å². The maximum absolute atomic E-state index is 13.9. The summed E-state index contributed by atoms with van der Waals surface area (Å²) in [4.78, 5) is 6.46. The molecule has 0 aliphatic rings. The monoisotopic (exact) mass is 318 g/mol. The van der Waals surface area contributed by atoms with Gasteiger partial charge >= 0.3 is 0 Å². The number of hydrogen-bond acceptors (Lipinski definition) is 3. The number of fused-ring (bicyclic) bond motifs is 1. The average molecular weight is 318 g/mol. The van der Waals surface area contributed by atoms with Crippen LogP contribution in [0.15, 0.2) is 42.5 Å². The van der Waals surface area contributed by atoms with Gasteiger partial charge < -0.3 is 0 Å². The Labute approximate surface area is 132 Å². The lowest BCUT2D eigenvalue weighted by Gasteiger charge is -2.24. The summed E-state index contributed by atoms with van der Waals surface area (Å²) in [5.74, 6) is -1.02. The lowest BCUT2D eigenvalue weighted by atomic mass is 10.1. The third kappa shape index (κ3) is 2.87. The second kappa shape index (κ2) is 6.10. The zero-order chi connectivity index (χ0) is 15.7. The van der Waals surface area contributed by atoms with Crippen LogP contribution in [0.3, 0.4) is 0 Å². The summed E-state index contributed by atoms with van der Waals surface area (Å²) in [5.41, 5.74) is 1.06. The fourth-order valence-electron chi connectivity index (χ4n) is 2.47. The SMILES string of the molecule is CC(c1c(F)cccc1F)N(C)Cc1nc2ccccc2s1. The molecule has 2 aromatic carbocycles. The molecule has 0 bridgehead atoms. The van der Waals surface area contributed by atoms with E-state index in [1.807, 2.05) is 36.2 Å². The van der Waals surface area contributed by atoms with E-state index in [9.17, 15) is 8.78 Å². The molecule has 0 amide bonds. The van der Waals surface area contributed by atoms with Gasteiger partial charge in [0.05, 0.1) is 16.8 Å². The Bertz CT molecular complexity index is 747. The van der Waals surface area contributed by atoms with Gasteiger partial charge in [-0.05, 0) is 38.2 Å². The summed E-state index contributed by atoms with van der Waals surface area (Å²) in [5, 5.41) is 0.937. The van der Waals surface area contributed by atoms with Crippen molar-refractivity contribution >= 4 is 21.6 Å². The Morgan fingerprint density at radius 1 is 1.09 bits per heavy atom. The standard InChI is InChI=1S/C17H16F2N2S/c1-11(17-12(18)6-5-7-13(17)19)21(2)10-16-20-14-8-3-4-9-15(14)22-16/h3-9,11H,10H2,1-2H3. The summed E-state index contributed by atoms with van der Waals surface area (Å²) >= 11 is 1.61. The topological polar surface area (TPSA) is 16.1 Å². The van der Waals surface area contributed by atoms with Gasteiger partial charge in [0, 0.05) is 11.6 Å². The maximum Gasteiger partial charge on any atom is 0.130 e. The first-order valence-electron chi connectivity index (χ1n) is 7.05. The molecule has 3 rings (SSSR count). The zero-order valence-corrected chi connectivity index (χ0v) is 13.2. The Balaban J connectivity index is 1.83. The van der Waals surface area contributed by atoms with Crippen molar-refractivity contribution in [3.63, 3.8) is 0 Å². The summed E-state index contributed by atoms with van der Waals surface area (Å²) in [7, 11) is 1.85. The molecule has 0 N–H and O–H groups in total. The van der Waals surface area contributed by atoms with Gasteiger partial charge in [0.25, 0.3) is 0 Å². The highest BCUT2D eigenvalue weighted by Gasteiger charge is 2.20. The van der Waals surface area contributed by atoms with Gasteiger partial charge in [-0.15, -0.1) is 11.3 Å². The average Bonchev–Trinajstić information content (AvgIpc) is 2.89. The minimum absolute atomic E-state index is 0.103. The van der Waals surface area contributed by atoms with Crippen molar-refractivity contribution in [2.24, 2.45) is 0 Å². The van der Waals surface area contributed by atoms with E-state index >= 15 is 0 Å². The van der Waals surface area contributed by atoms with Crippen LogP contribution in [-0.2, 0) is 6.54 Å². The van der Waals surface area contributed by atoms with Crippen LogP contribution in [0, 0.1) is 11.6 Å². The second-order valence-electron chi connectivity index (χ2n) is 5.30. The van der Waals surface area contributed by atoms with Gasteiger partial charge in [-0.2, -0.15) is 0 Å². The van der Waals surface area contributed by atoms with Crippen molar-refractivity contribution in [2.45, 2.75) is 19.5 Å². The van der Waals surface area contributed by atoms with Crippen molar-refractivity contribution in [1.82, 2.24) is 9.88 Å². The minimum atomic E-state index is -0.511. The number of rotatable bonds is 4. The van der Waals surface area contributed by atoms with E-state index in [4.69, 9.17) is 0 Å². The van der Waals surface area contributed by atoms with Crippen molar-refractivity contribution in [3.05, 3.63) is 64.7 Å². The molecule has 2 nitrogen and oxygen atoms in total. The van der Waals surface area contributed by atoms with Crippen LogP contribution in [0.5, 0.6) is 0 Å². The van der Waals surface area contributed by atoms with Gasteiger partial charge in [-0.25, -0.2) is 13.8 Å². The van der Waals surface area contributed by atoms with E-state index in [0.29, 0.717) is 6.54 Å². The van der Waals surface area contributed by atoms with Crippen LogP contribution in [0.1, 0.15) is 23.5 Å².